The normalized spacial score (nSPS) is 17.7. The zero-order chi connectivity index (χ0) is 18.1. The molecule has 1 fully saturated rings. The molecule has 3 rings (SSSR count). The number of rotatable bonds is 3. The second-order valence-electron chi connectivity index (χ2n) is 4.99. The lowest BCUT2D eigenvalue weighted by atomic mass is 10.2. The van der Waals surface area contributed by atoms with Crippen LogP contribution < -0.4 is 0 Å². The molecule has 0 atom stereocenters. The third-order valence-electron chi connectivity index (χ3n) is 3.28. The number of carboxylic acid groups (broad SMARTS) is 1. The molecule has 1 aromatic carbocycles. The van der Waals surface area contributed by atoms with Crippen LogP contribution in [0, 0.1) is 3.57 Å². The Kier molecular flexibility index (Phi) is 5.35. The smallest absolute Gasteiger partial charge is 0.335 e. The van der Waals surface area contributed by atoms with E-state index in [4.69, 9.17) is 9.52 Å². The number of carbonyl (C=O) groups excluding carboxylic acids is 1. The van der Waals surface area contributed by atoms with E-state index in [1.165, 1.54) is 28.8 Å². The molecule has 9 heteroatoms. The number of benzene rings is 1. The minimum atomic E-state index is -0.994. The molecule has 1 aliphatic rings. The van der Waals surface area contributed by atoms with Gasteiger partial charge in [0.2, 0.25) is 0 Å². The van der Waals surface area contributed by atoms with Gasteiger partial charge in [-0.1, -0.05) is 0 Å². The number of nitrogens with zero attached hydrogens (tertiary/aromatic N) is 2. The van der Waals surface area contributed by atoms with E-state index in [9.17, 15) is 9.59 Å². The number of amides is 1. The predicted molar refractivity (Wildman–Crippen MR) is 108 cm³/mol. The van der Waals surface area contributed by atoms with Crippen LogP contribution >= 0.6 is 50.3 Å². The third kappa shape index (κ3) is 3.98. The van der Waals surface area contributed by atoms with Gasteiger partial charge in [-0.25, -0.2) is 9.79 Å². The number of hydrogen-bond donors (Lipinski definition) is 1. The van der Waals surface area contributed by atoms with Crippen LogP contribution in [0.25, 0.3) is 6.08 Å². The summed E-state index contributed by atoms with van der Waals surface area (Å²) in [7, 11) is 1.64. The Labute approximate surface area is 169 Å². The minimum Gasteiger partial charge on any atom is -0.478 e. The number of carboxylic acids is 1. The van der Waals surface area contributed by atoms with Crippen molar-refractivity contribution in [3.05, 3.63) is 54.8 Å². The first kappa shape index (κ1) is 18.2. The molecule has 1 saturated heterocycles. The van der Waals surface area contributed by atoms with E-state index in [1.807, 2.05) is 6.07 Å². The lowest BCUT2D eigenvalue weighted by molar-refractivity contribution is -0.121. The van der Waals surface area contributed by atoms with Crippen molar-refractivity contribution in [2.24, 2.45) is 4.99 Å². The SMILES string of the molecule is CN1C(=O)/C(=C/c2cc(I)c(Br)o2)SC1=Nc1ccc(C(=O)O)cc1. The highest BCUT2D eigenvalue weighted by Crippen LogP contribution is 2.34. The first-order valence-corrected chi connectivity index (χ1v) is 9.58. The van der Waals surface area contributed by atoms with E-state index in [-0.39, 0.29) is 11.5 Å². The van der Waals surface area contributed by atoms with E-state index in [2.05, 4.69) is 43.5 Å². The lowest BCUT2D eigenvalue weighted by Crippen LogP contribution is -2.23. The summed E-state index contributed by atoms with van der Waals surface area (Å²) in [6.07, 6.45) is 1.67. The van der Waals surface area contributed by atoms with Crippen LogP contribution in [0.1, 0.15) is 16.1 Å². The van der Waals surface area contributed by atoms with Crippen molar-refractivity contribution >= 4 is 79.1 Å². The average molecular weight is 533 g/mol. The van der Waals surface area contributed by atoms with Crippen LogP contribution in [0.15, 0.2) is 49.3 Å². The molecule has 6 nitrogen and oxygen atoms in total. The molecule has 1 aliphatic heterocycles. The predicted octanol–water partition coefficient (Wildman–Crippen LogP) is 4.58. The number of likely N-dealkylation sites (N-methyl/N-ethyl adjacent to an activating group) is 1. The third-order valence-corrected chi connectivity index (χ3v) is 6.47. The summed E-state index contributed by atoms with van der Waals surface area (Å²) in [5.41, 5.74) is 0.759. The molecule has 1 N–H and O–H groups in total. The molecule has 25 heavy (non-hydrogen) atoms. The summed E-state index contributed by atoms with van der Waals surface area (Å²) >= 11 is 6.66. The molecule has 0 bridgehead atoms. The highest BCUT2D eigenvalue weighted by atomic mass is 127. The topological polar surface area (TPSA) is 83.1 Å². The number of aromatic carboxylic acids is 1. The maximum absolute atomic E-state index is 12.4. The highest BCUT2D eigenvalue weighted by Gasteiger charge is 2.30. The Morgan fingerprint density at radius 1 is 1.40 bits per heavy atom. The maximum Gasteiger partial charge on any atom is 0.335 e. The van der Waals surface area contributed by atoms with Gasteiger partial charge in [0.15, 0.2) is 9.84 Å². The molecule has 2 heterocycles. The van der Waals surface area contributed by atoms with Gasteiger partial charge in [0.05, 0.1) is 19.7 Å². The van der Waals surface area contributed by atoms with Gasteiger partial charge in [-0.3, -0.25) is 9.69 Å². The van der Waals surface area contributed by atoms with Crippen molar-refractivity contribution < 1.29 is 19.1 Å². The molecule has 0 spiro atoms. The Morgan fingerprint density at radius 2 is 2.08 bits per heavy atom. The Hall–Kier alpha value is -1.59. The molecule has 1 aromatic heterocycles. The van der Waals surface area contributed by atoms with Crippen LogP contribution in [0.4, 0.5) is 5.69 Å². The first-order chi connectivity index (χ1) is 11.8. The summed E-state index contributed by atoms with van der Waals surface area (Å²) in [6, 6.07) is 7.97. The van der Waals surface area contributed by atoms with Crippen molar-refractivity contribution in [2.75, 3.05) is 7.05 Å². The first-order valence-electron chi connectivity index (χ1n) is 6.89. The van der Waals surface area contributed by atoms with Crippen LogP contribution in [-0.2, 0) is 4.79 Å². The van der Waals surface area contributed by atoms with Crippen molar-refractivity contribution in [3.8, 4) is 0 Å². The monoisotopic (exact) mass is 532 g/mol. The van der Waals surface area contributed by atoms with Crippen molar-refractivity contribution in [1.82, 2.24) is 4.90 Å². The zero-order valence-corrected chi connectivity index (χ0v) is 17.3. The van der Waals surface area contributed by atoms with Gasteiger partial charge < -0.3 is 9.52 Å². The number of furan rings is 1. The second kappa shape index (κ2) is 7.34. The van der Waals surface area contributed by atoms with Crippen molar-refractivity contribution in [3.63, 3.8) is 0 Å². The summed E-state index contributed by atoms with van der Waals surface area (Å²) < 4.78 is 7.04. The van der Waals surface area contributed by atoms with Gasteiger partial charge >= 0.3 is 5.97 Å². The maximum atomic E-state index is 12.4. The summed E-state index contributed by atoms with van der Waals surface area (Å²) in [4.78, 5) is 29.6. The molecule has 0 unspecified atom stereocenters. The molecule has 1 amide bonds. The van der Waals surface area contributed by atoms with Crippen LogP contribution in [0.5, 0.6) is 0 Å². The number of carbonyl (C=O) groups is 2. The fourth-order valence-corrected chi connectivity index (χ4v) is 3.69. The van der Waals surface area contributed by atoms with E-state index in [0.29, 0.717) is 26.2 Å². The second-order valence-corrected chi connectivity index (χ2v) is 7.88. The molecular weight excluding hydrogens is 523 g/mol. The van der Waals surface area contributed by atoms with Gasteiger partial charge in [0, 0.05) is 13.1 Å². The van der Waals surface area contributed by atoms with Crippen molar-refractivity contribution in [1.29, 1.82) is 0 Å². The Balaban J connectivity index is 1.86. The van der Waals surface area contributed by atoms with Crippen LogP contribution in [0.3, 0.4) is 0 Å². The zero-order valence-electron chi connectivity index (χ0n) is 12.7. The van der Waals surface area contributed by atoms with Crippen molar-refractivity contribution in [2.45, 2.75) is 0 Å². The molecule has 0 aliphatic carbocycles. The van der Waals surface area contributed by atoms with Crippen LogP contribution in [0.2, 0.25) is 0 Å². The molecule has 128 valence electrons. The fourth-order valence-electron chi connectivity index (χ4n) is 2.00. The van der Waals surface area contributed by atoms with E-state index in [0.717, 1.165) is 3.57 Å². The Morgan fingerprint density at radius 3 is 2.64 bits per heavy atom. The molecule has 2 aromatic rings. The number of thioether (sulfide) groups is 1. The van der Waals surface area contributed by atoms with E-state index >= 15 is 0 Å². The minimum absolute atomic E-state index is 0.173. The van der Waals surface area contributed by atoms with E-state index in [1.54, 1.807) is 25.3 Å². The van der Waals surface area contributed by atoms with Gasteiger partial charge in [-0.15, -0.1) is 0 Å². The summed E-state index contributed by atoms with van der Waals surface area (Å²) in [5.74, 6) is -0.591. The van der Waals surface area contributed by atoms with E-state index < -0.39 is 5.97 Å². The molecular formula is C16H10BrIN2O4S. The van der Waals surface area contributed by atoms with Gasteiger partial charge in [-0.2, -0.15) is 0 Å². The quantitative estimate of drug-likeness (QED) is 0.462. The highest BCUT2D eigenvalue weighted by molar-refractivity contribution is 14.1. The number of hydrogen-bond acceptors (Lipinski definition) is 5. The van der Waals surface area contributed by atoms with Gasteiger partial charge in [0.25, 0.3) is 5.91 Å². The largest absolute Gasteiger partial charge is 0.478 e. The Bertz CT molecular complexity index is 901. The number of halogens is 2. The average Bonchev–Trinajstić information content (AvgIpc) is 3.02. The van der Waals surface area contributed by atoms with Gasteiger partial charge in [0.1, 0.15) is 5.76 Å². The number of aliphatic imine (C=N–C) groups is 1. The fraction of sp³-hybridized carbons (Fsp3) is 0.0625. The summed E-state index contributed by atoms with van der Waals surface area (Å²) in [5, 5.41) is 9.43. The van der Waals surface area contributed by atoms with Gasteiger partial charge in [-0.05, 0) is 80.6 Å². The molecule has 0 radical (unpaired) electrons. The summed E-state index contributed by atoms with van der Waals surface area (Å²) in [6.45, 7) is 0. The molecule has 0 saturated carbocycles. The standard InChI is InChI=1S/C16H10BrIN2O4S/c1-20-14(21)12(7-10-6-11(18)13(17)24-10)25-16(20)19-9-4-2-8(3-5-9)15(22)23/h2-7H,1H3,(H,22,23)/b12-7-,19-16?. The number of amidine groups is 1. The van der Waals surface area contributed by atoms with Crippen LogP contribution in [-0.4, -0.2) is 34.1 Å². The lowest BCUT2D eigenvalue weighted by Gasteiger charge is -2.07.